The highest BCUT2D eigenvalue weighted by Crippen LogP contribution is 2.13. The number of hydrogen-bond acceptors (Lipinski definition) is 2. The van der Waals surface area contributed by atoms with Crippen LogP contribution in [0.1, 0.15) is 40.5 Å². The molecule has 1 rings (SSSR count). The first-order chi connectivity index (χ1) is 5.63. The highest BCUT2D eigenvalue weighted by molar-refractivity contribution is 5.73. The van der Waals surface area contributed by atoms with Crippen molar-refractivity contribution < 1.29 is 9.90 Å². The largest absolute Gasteiger partial charge is 0.480 e. The number of aliphatic carboxylic acids is 1. The summed E-state index contributed by atoms with van der Waals surface area (Å²) in [7, 11) is 1.85. The van der Waals surface area contributed by atoms with Crippen LogP contribution in [0, 0.1) is 0 Å². The average Bonchev–Trinajstić information content (AvgIpc) is 2.36. The van der Waals surface area contributed by atoms with Crippen LogP contribution < -0.4 is 0 Å². The molecule has 3 heteroatoms. The lowest BCUT2D eigenvalue weighted by Gasteiger charge is -2.13. The number of nitrogens with zero attached hydrogens (tertiary/aromatic N) is 1. The van der Waals surface area contributed by atoms with Crippen molar-refractivity contribution in [3.05, 3.63) is 0 Å². The molecule has 1 heterocycles. The number of rotatable bonds is 1. The summed E-state index contributed by atoms with van der Waals surface area (Å²) < 4.78 is 0. The molecule has 1 N–H and O–H groups in total. The van der Waals surface area contributed by atoms with Crippen molar-refractivity contribution in [1.82, 2.24) is 4.90 Å². The molecule has 1 aliphatic rings. The Morgan fingerprint density at radius 1 is 1.54 bits per heavy atom. The fourth-order valence-electron chi connectivity index (χ4n) is 1.22. The Balaban J connectivity index is 0. The zero-order chi connectivity index (χ0) is 9.56. The number of carboxylic acids is 1. The van der Waals surface area contributed by atoms with Gasteiger partial charge >= 0.3 is 5.97 Å². The van der Waals surface area contributed by atoms with Gasteiger partial charge < -0.3 is 5.11 Å². The molecule has 0 amide bonds. The molecular weight excluding hydrogens is 166 g/mol. The Kier molecular flexibility index (Phi) is 9.24. The standard InChI is InChI=1S/C6H11NO2.C3H8.CH4/c1-7-4-2-3-5(7)6(8)9;1-3-2;/h5H,2-4H2,1H3,(H,8,9);3H2,1-2H3;1H4. The van der Waals surface area contributed by atoms with Crippen molar-refractivity contribution in [2.75, 3.05) is 13.6 Å². The van der Waals surface area contributed by atoms with E-state index in [0.717, 1.165) is 19.4 Å². The van der Waals surface area contributed by atoms with Gasteiger partial charge in [-0.1, -0.05) is 27.7 Å². The lowest BCUT2D eigenvalue weighted by molar-refractivity contribution is -0.141. The Hall–Kier alpha value is -0.570. The Labute approximate surface area is 81.7 Å². The van der Waals surface area contributed by atoms with Gasteiger partial charge in [0.05, 0.1) is 0 Å². The summed E-state index contributed by atoms with van der Waals surface area (Å²) in [5.41, 5.74) is 0. The first-order valence-electron chi connectivity index (χ1n) is 4.56. The smallest absolute Gasteiger partial charge is 0.320 e. The van der Waals surface area contributed by atoms with Gasteiger partial charge in [0.15, 0.2) is 0 Å². The summed E-state index contributed by atoms with van der Waals surface area (Å²) >= 11 is 0. The summed E-state index contributed by atoms with van der Waals surface area (Å²) in [4.78, 5) is 12.2. The third-order valence-electron chi connectivity index (χ3n) is 1.81. The first-order valence-corrected chi connectivity index (χ1v) is 4.56. The molecule has 0 radical (unpaired) electrons. The molecule has 1 aliphatic heterocycles. The Bertz CT molecular complexity index is 137. The summed E-state index contributed by atoms with van der Waals surface area (Å²) in [6, 6.07) is -0.218. The molecule has 0 saturated carbocycles. The van der Waals surface area contributed by atoms with Crippen molar-refractivity contribution in [3.63, 3.8) is 0 Å². The van der Waals surface area contributed by atoms with E-state index in [1.807, 2.05) is 11.9 Å². The van der Waals surface area contributed by atoms with Gasteiger partial charge in [-0.15, -0.1) is 0 Å². The first kappa shape index (κ1) is 14.9. The summed E-state index contributed by atoms with van der Waals surface area (Å²) in [6.45, 7) is 5.18. The van der Waals surface area contributed by atoms with Gasteiger partial charge in [-0.05, 0) is 26.4 Å². The van der Waals surface area contributed by atoms with Crippen molar-refractivity contribution in [2.45, 2.75) is 46.6 Å². The zero-order valence-corrected chi connectivity index (χ0v) is 8.21. The quantitative estimate of drug-likeness (QED) is 0.687. The molecule has 13 heavy (non-hydrogen) atoms. The van der Waals surface area contributed by atoms with E-state index in [9.17, 15) is 4.79 Å². The van der Waals surface area contributed by atoms with Crippen LogP contribution in [0.4, 0.5) is 0 Å². The van der Waals surface area contributed by atoms with E-state index in [1.54, 1.807) is 0 Å². The van der Waals surface area contributed by atoms with E-state index in [4.69, 9.17) is 5.11 Å². The van der Waals surface area contributed by atoms with E-state index in [-0.39, 0.29) is 13.5 Å². The van der Waals surface area contributed by atoms with Crippen LogP contribution in [0.3, 0.4) is 0 Å². The van der Waals surface area contributed by atoms with E-state index in [2.05, 4.69) is 13.8 Å². The van der Waals surface area contributed by atoms with Gasteiger partial charge in [-0.2, -0.15) is 0 Å². The van der Waals surface area contributed by atoms with Crippen LogP contribution in [0.5, 0.6) is 0 Å². The van der Waals surface area contributed by atoms with Crippen LogP contribution in [0.25, 0.3) is 0 Å². The molecule has 80 valence electrons. The molecule has 1 fully saturated rings. The molecule has 0 aromatic carbocycles. The Morgan fingerprint density at radius 3 is 2.15 bits per heavy atom. The minimum absolute atomic E-state index is 0. The second kappa shape index (κ2) is 8.05. The maximum Gasteiger partial charge on any atom is 0.320 e. The molecule has 0 aliphatic carbocycles. The number of carbonyl (C=O) groups is 1. The number of hydrogen-bond donors (Lipinski definition) is 1. The highest BCUT2D eigenvalue weighted by Gasteiger charge is 2.26. The molecule has 0 aromatic rings. The molecule has 0 spiro atoms. The summed E-state index contributed by atoms with van der Waals surface area (Å²) in [5.74, 6) is -0.685. The highest BCUT2D eigenvalue weighted by atomic mass is 16.4. The summed E-state index contributed by atoms with van der Waals surface area (Å²) in [5, 5.41) is 8.54. The average molecular weight is 189 g/mol. The molecule has 1 atom stereocenters. The van der Waals surface area contributed by atoms with Crippen LogP contribution in [0.15, 0.2) is 0 Å². The topological polar surface area (TPSA) is 40.5 Å². The monoisotopic (exact) mass is 189 g/mol. The van der Waals surface area contributed by atoms with Gasteiger partial charge in [-0.25, -0.2) is 0 Å². The van der Waals surface area contributed by atoms with Crippen molar-refractivity contribution in [2.24, 2.45) is 0 Å². The third-order valence-corrected chi connectivity index (χ3v) is 1.81. The van der Waals surface area contributed by atoms with Crippen LogP contribution in [-0.4, -0.2) is 35.6 Å². The van der Waals surface area contributed by atoms with Crippen molar-refractivity contribution in [3.8, 4) is 0 Å². The molecule has 0 aromatic heterocycles. The van der Waals surface area contributed by atoms with Crippen LogP contribution in [0.2, 0.25) is 0 Å². The van der Waals surface area contributed by atoms with Crippen LogP contribution >= 0.6 is 0 Å². The van der Waals surface area contributed by atoms with E-state index >= 15 is 0 Å². The van der Waals surface area contributed by atoms with Crippen LogP contribution in [-0.2, 0) is 4.79 Å². The summed E-state index contributed by atoms with van der Waals surface area (Å²) in [6.07, 6.45) is 3.08. The van der Waals surface area contributed by atoms with Gasteiger partial charge in [0.25, 0.3) is 0 Å². The number of likely N-dealkylation sites (tertiary alicyclic amines) is 1. The normalized spacial score (nSPS) is 21.3. The molecular formula is C10H23NO2. The molecule has 1 unspecified atom stereocenters. The van der Waals surface area contributed by atoms with Gasteiger partial charge in [0, 0.05) is 0 Å². The second-order valence-corrected chi connectivity index (χ2v) is 3.18. The molecule has 3 nitrogen and oxygen atoms in total. The van der Waals surface area contributed by atoms with Crippen molar-refractivity contribution >= 4 is 5.97 Å². The molecule has 1 saturated heterocycles. The fourth-order valence-corrected chi connectivity index (χ4v) is 1.22. The predicted octanol–water partition coefficient (Wildman–Crippen LogP) is 2.22. The molecule has 0 bridgehead atoms. The predicted molar refractivity (Wildman–Crippen MR) is 56.0 cm³/mol. The second-order valence-electron chi connectivity index (χ2n) is 3.18. The number of likely N-dealkylation sites (N-methyl/N-ethyl adjacent to an activating group) is 1. The zero-order valence-electron chi connectivity index (χ0n) is 8.21. The number of carboxylic acid groups (broad SMARTS) is 1. The van der Waals surface area contributed by atoms with E-state index in [1.165, 1.54) is 6.42 Å². The van der Waals surface area contributed by atoms with Gasteiger partial charge in [0.2, 0.25) is 0 Å². The minimum atomic E-state index is -0.685. The lowest BCUT2D eigenvalue weighted by atomic mass is 10.2. The van der Waals surface area contributed by atoms with E-state index in [0.29, 0.717) is 0 Å². The van der Waals surface area contributed by atoms with E-state index < -0.39 is 5.97 Å². The Morgan fingerprint density at radius 2 is 2.00 bits per heavy atom. The van der Waals surface area contributed by atoms with Gasteiger partial charge in [-0.3, -0.25) is 9.69 Å². The third kappa shape index (κ3) is 5.64. The fraction of sp³-hybridized carbons (Fsp3) is 0.900. The maximum atomic E-state index is 10.4. The minimum Gasteiger partial charge on any atom is -0.480 e. The SMILES string of the molecule is C.CCC.CN1CCCC1C(=O)O. The van der Waals surface area contributed by atoms with Crippen molar-refractivity contribution in [1.29, 1.82) is 0 Å². The lowest BCUT2D eigenvalue weighted by Crippen LogP contribution is -2.32. The van der Waals surface area contributed by atoms with Gasteiger partial charge in [0.1, 0.15) is 6.04 Å². The maximum absolute atomic E-state index is 10.4.